The van der Waals surface area contributed by atoms with E-state index in [9.17, 15) is 23.1 Å². The third-order valence-corrected chi connectivity index (χ3v) is 10.8. The fourth-order valence-corrected chi connectivity index (χ4v) is 8.21. The summed E-state index contributed by atoms with van der Waals surface area (Å²) in [6.45, 7) is 3.75. The van der Waals surface area contributed by atoms with E-state index >= 15 is 0 Å². The molecule has 11 heteroatoms. The molecule has 0 aliphatic carbocycles. The highest BCUT2D eigenvalue weighted by Crippen LogP contribution is 2.35. The maximum Gasteiger partial charge on any atom is 0.410 e. The van der Waals surface area contributed by atoms with Gasteiger partial charge < -0.3 is 15.6 Å². The summed E-state index contributed by atoms with van der Waals surface area (Å²) >= 11 is 1.28. The van der Waals surface area contributed by atoms with Crippen LogP contribution in [-0.4, -0.2) is 61.0 Å². The molecule has 3 N–H and O–H groups in total. The molecule has 0 saturated carbocycles. The highest BCUT2D eigenvalue weighted by molar-refractivity contribution is 7.89. The zero-order chi connectivity index (χ0) is 33.3. The molecule has 9 nitrogen and oxygen atoms in total. The van der Waals surface area contributed by atoms with E-state index in [1.165, 1.54) is 27.7 Å². The van der Waals surface area contributed by atoms with Crippen molar-refractivity contribution < 1.29 is 27.9 Å². The molecule has 0 bridgehead atoms. The van der Waals surface area contributed by atoms with E-state index in [1.54, 1.807) is 41.8 Å². The Bertz CT molecular complexity index is 1620. The smallest absolute Gasteiger partial charge is 0.410 e. The van der Waals surface area contributed by atoms with E-state index < -0.39 is 46.6 Å². The molecule has 0 aliphatic rings. The minimum Gasteiger partial charge on any atom is -0.453 e. The van der Waals surface area contributed by atoms with Crippen LogP contribution in [0, 0.1) is 5.92 Å². The number of amides is 2. The number of nitrogens with two attached hydrogens (primary N) is 1. The molecule has 244 valence electrons. The van der Waals surface area contributed by atoms with Crippen molar-refractivity contribution in [2.45, 2.75) is 49.7 Å². The van der Waals surface area contributed by atoms with Gasteiger partial charge in [0.25, 0.3) is 0 Å². The first kappa shape index (κ1) is 34.8. The van der Waals surface area contributed by atoms with Crippen molar-refractivity contribution in [1.29, 1.82) is 0 Å². The van der Waals surface area contributed by atoms with Crippen LogP contribution in [0.4, 0.5) is 4.79 Å². The zero-order valence-corrected chi connectivity index (χ0v) is 27.9. The van der Waals surface area contributed by atoms with E-state index in [-0.39, 0.29) is 23.9 Å². The predicted molar refractivity (Wildman–Crippen MR) is 180 cm³/mol. The van der Waals surface area contributed by atoms with Gasteiger partial charge in [-0.1, -0.05) is 92.7 Å². The van der Waals surface area contributed by atoms with Crippen molar-refractivity contribution in [2.24, 2.45) is 11.7 Å². The Balaban J connectivity index is 1.73. The summed E-state index contributed by atoms with van der Waals surface area (Å²) in [5.41, 5.74) is 8.27. The number of carbonyl (C=O) groups excluding carboxylic acids is 2. The highest BCUT2D eigenvalue weighted by Gasteiger charge is 2.39. The molecule has 4 rings (SSSR count). The Morgan fingerprint density at radius 2 is 1.46 bits per heavy atom. The number of hydrogen-bond acceptors (Lipinski definition) is 7. The van der Waals surface area contributed by atoms with Crippen LogP contribution in [0.15, 0.2) is 107 Å². The van der Waals surface area contributed by atoms with Crippen molar-refractivity contribution in [3.8, 4) is 0 Å². The number of nitrogens with zero attached hydrogens (tertiary/aromatic N) is 2. The summed E-state index contributed by atoms with van der Waals surface area (Å²) in [5.74, 6) is -1.07. The number of thiophene rings is 1. The molecule has 0 radical (unpaired) electrons. The maximum atomic E-state index is 13.8. The molecule has 3 aromatic carbocycles. The van der Waals surface area contributed by atoms with Gasteiger partial charge in [0.1, 0.15) is 6.04 Å². The Hall–Kier alpha value is -4.03. The summed E-state index contributed by atoms with van der Waals surface area (Å²) < 4.78 is 34.2. The Morgan fingerprint density at radius 3 is 1.93 bits per heavy atom. The van der Waals surface area contributed by atoms with Crippen LogP contribution in [0.5, 0.6) is 0 Å². The summed E-state index contributed by atoms with van der Waals surface area (Å²) in [4.78, 5) is 28.6. The number of primary amides is 1. The summed E-state index contributed by atoms with van der Waals surface area (Å²) in [6.07, 6.45) is -0.144. The van der Waals surface area contributed by atoms with Crippen LogP contribution < -0.4 is 5.73 Å². The van der Waals surface area contributed by atoms with Gasteiger partial charge in [-0.15, -0.1) is 11.3 Å². The van der Waals surface area contributed by atoms with E-state index in [4.69, 9.17) is 10.5 Å². The summed E-state index contributed by atoms with van der Waals surface area (Å²) in [5, 5.41) is 12.4. The SMILES string of the molecule is COC(=O)N(Cc1csc(C(CO)N(CCC(C)C)S(=O)(=O)c2ccccc2)c1)[C@H](C(N)=O)C(c1ccccc1)c1ccccc1. The Kier molecular flexibility index (Phi) is 12.1. The van der Waals surface area contributed by atoms with E-state index in [1.807, 2.05) is 74.5 Å². The quantitative estimate of drug-likeness (QED) is 0.166. The molecule has 0 aliphatic heterocycles. The van der Waals surface area contributed by atoms with Gasteiger partial charge in [0, 0.05) is 17.3 Å². The third kappa shape index (κ3) is 8.21. The number of rotatable bonds is 15. The molecule has 2 atom stereocenters. The lowest BCUT2D eigenvalue weighted by Gasteiger charge is -2.34. The number of benzene rings is 3. The van der Waals surface area contributed by atoms with Crippen LogP contribution in [0.25, 0.3) is 0 Å². The lowest BCUT2D eigenvalue weighted by molar-refractivity contribution is -0.123. The van der Waals surface area contributed by atoms with E-state index in [0.29, 0.717) is 16.9 Å². The minimum absolute atomic E-state index is 0.0392. The van der Waals surface area contributed by atoms with Crippen LogP contribution >= 0.6 is 11.3 Å². The molecular formula is C35H41N3O6S2. The lowest BCUT2D eigenvalue weighted by atomic mass is 9.83. The number of carbonyl (C=O) groups is 2. The average molecular weight is 664 g/mol. The second kappa shape index (κ2) is 16.0. The van der Waals surface area contributed by atoms with Gasteiger partial charge in [0.2, 0.25) is 15.9 Å². The third-order valence-electron chi connectivity index (χ3n) is 7.82. The fourth-order valence-electron chi connectivity index (χ4n) is 5.50. The number of methoxy groups -OCH3 is 1. The second-order valence-corrected chi connectivity index (χ2v) is 14.2. The van der Waals surface area contributed by atoms with Crippen molar-refractivity contribution in [1.82, 2.24) is 9.21 Å². The van der Waals surface area contributed by atoms with Crippen LogP contribution in [0.3, 0.4) is 0 Å². The molecule has 1 heterocycles. The standard InChI is InChI=1S/C35H41N3O6S2/c1-25(2)19-20-38(46(42,43)29-17-11-6-12-18-29)30(23-39)31-21-26(24-45-31)22-37(35(41)44-3)33(34(36)40)32(27-13-7-4-8-14-27)28-15-9-5-10-16-28/h4-18,21,24-25,30,32-33,39H,19-20,22-23H2,1-3H3,(H2,36,40)/t30?,33-/m0/s1. The van der Waals surface area contributed by atoms with Crippen LogP contribution in [0.2, 0.25) is 0 Å². The molecule has 1 aromatic heterocycles. The molecule has 0 fully saturated rings. The van der Waals surface area contributed by atoms with Gasteiger partial charge >= 0.3 is 6.09 Å². The normalized spacial score (nSPS) is 13.1. The summed E-state index contributed by atoms with van der Waals surface area (Å²) in [7, 11) is -2.70. The zero-order valence-electron chi connectivity index (χ0n) is 26.2. The van der Waals surface area contributed by atoms with Gasteiger partial charge in [-0.05, 0) is 52.6 Å². The monoisotopic (exact) mass is 663 g/mol. The topological polar surface area (TPSA) is 130 Å². The molecular weight excluding hydrogens is 623 g/mol. The average Bonchev–Trinajstić information content (AvgIpc) is 3.53. The van der Waals surface area contributed by atoms with Crippen molar-refractivity contribution in [3.63, 3.8) is 0 Å². The van der Waals surface area contributed by atoms with Gasteiger partial charge in [-0.2, -0.15) is 4.31 Å². The van der Waals surface area contributed by atoms with Crippen molar-refractivity contribution in [3.05, 3.63) is 124 Å². The van der Waals surface area contributed by atoms with Crippen LogP contribution in [0.1, 0.15) is 53.8 Å². The molecule has 4 aromatic rings. The lowest BCUT2D eigenvalue weighted by Crippen LogP contribution is -2.51. The highest BCUT2D eigenvalue weighted by atomic mass is 32.2. The largest absolute Gasteiger partial charge is 0.453 e. The number of sulfonamides is 1. The fraction of sp³-hybridized carbons (Fsp3) is 0.314. The number of aliphatic hydroxyl groups excluding tert-OH is 1. The van der Waals surface area contributed by atoms with E-state index in [0.717, 1.165) is 11.1 Å². The Morgan fingerprint density at radius 1 is 0.913 bits per heavy atom. The summed E-state index contributed by atoms with van der Waals surface area (Å²) in [6, 6.07) is 26.7. The van der Waals surface area contributed by atoms with Gasteiger partial charge in [0.05, 0.1) is 31.2 Å². The second-order valence-electron chi connectivity index (χ2n) is 11.4. The first-order valence-electron chi connectivity index (χ1n) is 15.1. The first-order chi connectivity index (χ1) is 22.1. The first-order valence-corrected chi connectivity index (χ1v) is 17.4. The molecule has 2 amide bonds. The Labute approximate surface area is 275 Å². The van der Waals surface area contributed by atoms with Gasteiger partial charge in [0.15, 0.2) is 0 Å². The van der Waals surface area contributed by atoms with E-state index in [2.05, 4.69) is 0 Å². The van der Waals surface area contributed by atoms with Gasteiger partial charge in [-0.25, -0.2) is 13.2 Å². The van der Waals surface area contributed by atoms with Crippen LogP contribution in [-0.2, 0) is 26.1 Å². The molecule has 46 heavy (non-hydrogen) atoms. The predicted octanol–water partition coefficient (Wildman–Crippen LogP) is 5.77. The number of hydrogen-bond donors (Lipinski definition) is 2. The van der Waals surface area contributed by atoms with Crippen molar-refractivity contribution in [2.75, 3.05) is 20.3 Å². The molecule has 0 spiro atoms. The molecule has 1 unspecified atom stereocenters. The van der Waals surface area contributed by atoms with Gasteiger partial charge in [-0.3, -0.25) is 9.69 Å². The van der Waals surface area contributed by atoms with Crippen molar-refractivity contribution >= 4 is 33.4 Å². The number of ether oxygens (including phenoxy) is 1. The number of aliphatic hydroxyl groups is 1. The molecule has 0 saturated heterocycles. The maximum absolute atomic E-state index is 13.8. The minimum atomic E-state index is -3.95.